The van der Waals surface area contributed by atoms with Crippen molar-refractivity contribution in [1.82, 2.24) is 0 Å². The van der Waals surface area contributed by atoms with E-state index in [-0.39, 0.29) is 11.2 Å². The Bertz CT molecular complexity index is 757. The molecule has 0 aromatic rings. The zero-order valence-corrected chi connectivity index (χ0v) is 18.0. The summed E-state index contributed by atoms with van der Waals surface area (Å²) in [5.41, 5.74) is 2.01. The largest absolute Gasteiger partial charge is 0.393 e. The predicted octanol–water partition coefficient (Wildman–Crippen LogP) is 5.45. The van der Waals surface area contributed by atoms with Crippen molar-refractivity contribution in [1.29, 1.82) is 0 Å². The van der Waals surface area contributed by atoms with Crippen molar-refractivity contribution in [2.45, 2.75) is 60.5 Å². The summed E-state index contributed by atoms with van der Waals surface area (Å²) in [6.07, 6.45) is 18.4. The van der Waals surface area contributed by atoms with E-state index < -0.39 is 11.5 Å². The molecule has 28 heavy (non-hydrogen) atoms. The van der Waals surface area contributed by atoms with Gasteiger partial charge in [0, 0.05) is 5.41 Å². The second kappa shape index (κ2) is 10.3. The van der Waals surface area contributed by atoms with E-state index in [0.717, 1.165) is 17.4 Å². The molecular formula is C25H34O3. The molecule has 0 bridgehead atoms. The summed E-state index contributed by atoms with van der Waals surface area (Å²) < 4.78 is 0. The van der Waals surface area contributed by atoms with Crippen LogP contribution in [0.15, 0.2) is 71.4 Å². The summed E-state index contributed by atoms with van der Waals surface area (Å²) in [5.74, 6) is 0.0747. The Morgan fingerprint density at radius 3 is 1.89 bits per heavy atom. The molecule has 0 radical (unpaired) electrons. The smallest absolute Gasteiger partial charge is 0.162 e. The third-order valence-electron chi connectivity index (χ3n) is 5.66. The van der Waals surface area contributed by atoms with Crippen molar-refractivity contribution in [3.8, 4) is 0 Å². The number of carbonyl (C=O) groups excluding carboxylic acids is 2. The van der Waals surface area contributed by atoms with Gasteiger partial charge in [-0.15, -0.1) is 0 Å². The van der Waals surface area contributed by atoms with Crippen LogP contribution in [0.3, 0.4) is 0 Å². The highest BCUT2D eigenvalue weighted by Gasteiger charge is 2.52. The Morgan fingerprint density at radius 1 is 0.821 bits per heavy atom. The van der Waals surface area contributed by atoms with E-state index in [9.17, 15) is 14.7 Å². The lowest BCUT2D eigenvalue weighted by molar-refractivity contribution is -0.127. The van der Waals surface area contributed by atoms with Gasteiger partial charge in [-0.1, -0.05) is 80.5 Å². The molecule has 0 aromatic carbocycles. The normalized spacial score (nSPS) is 26.7. The summed E-state index contributed by atoms with van der Waals surface area (Å²) in [5, 5.41) is 9.99. The molecular weight excluding hydrogens is 348 g/mol. The van der Waals surface area contributed by atoms with Gasteiger partial charge in [0.25, 0.3) is 0 Å². The minimum atomic E-state index is -0.526. The zero-order valence-electron chi connectivity index (χ0n) is 18.0. The second-order valence-electron chi connectivity index (χ2n) is 8.57. The fourth-order valence-electron chi connectivity index (χ4n) is 3.38. The Morgan fingerprint density at radius 2 is 1.36 bits per heavy atom. The molecule has 0 aromatic heterocycles. The fraction of sp³-hybridized carbons (Fsp3) is 0.440. The molecule has 1 N–H and O–H groups in total. The van der Waals surface area contributed by atoms with Gasteiger partial charge in [-0.05, 0) is 50.7 Å². The molecule has 0 aliphatic heterocycles. The van der Waals surface area contributed by atoms with Crippen LogP contribution in [-0.4, -0.2) is 23.3 Å². The van der Waals surface area contributed by atoms with E-state index in [4.69, 9.17) is 0 Å². The van der Waals surface area contributed by atoms with Gasteiger partial charge in [0.05, 0.1) is 6.10 Å². The van der Waals surface area contributed by atoms with Crippen molar-refractivity contribution >= 4 is 12.1 Å². The Kier molecular flexibility index (Phi) is 8.77. The maximum Gasteiger partial charge on any atom is 0.162 e. The molecule has 1 saturated carbocycles. The SMILES string of the molecule is C\C(C=O)=C/C=C/C=C(C)/C=C\C=C(C)\C=C\C(=O)[C@]1(C)CC(O)CC1(C)C. The number of hydrogen-bond donors (Lipinski definition) is 1. The molecule has 1 fully saturated rings. The number of ketones is 1. The van der Waals surface area contributed by atoms with E-state index in [1.54, 1.807) is 19.1 Å². The van der Waals surface area contributed by atoms with Gasteiger partial charge >= 0.3 is 0 Å². The van der Waals surface area contributed by atoms with E-state index in [2.05, 4.69) is 13.8 Å². The molecule has 1 unspecified atom stereocenters. The fourth-order valence-corrected chi connectivity index (χ4v) is 3.38. The number of aldehydes is 1. The molecule has 1 aliphatic rings. The van der Waals surface area contributed by atoms with Gasteiger partial charge in [0.15, 0.2) is 5.78 Å². The average molecular weight is 383 g/mol. The molecule has 152 valence electrons. The number of aliphatic hydroxyl groups excluding tert-OH is 1. The van der Waals surface area contributed by atoms with E-state index in [1.807, 2.05) is 63.3 Å². The standard InChI is InChI=1S/C25H34O3/c1-19(10-7-8-11-21(3)18-26)12-9-13-20(2)14-15-23(28)25(6)17-22(27)16-24(25,4)5/h7-15,18,22,27H,16-17H2,1-6H3/b8-7+,12-9-,15-14+,19-10+,20-13+,21-11+/t22?,25-/m0/s1. The first-order valence-electron chi connectivity index (χ1n) is 9.74. The molecule has 0 spiro atoms. The first kappa shape index (κ1) is 23.8. The minimum absolute atomic E-state index is 0.0747. The van der Waals surface area contributed by atoms with Crippen LogP contribution in [-0.2, 0) is 9.59 Å². The highest BCUT2D eigenvalue weighted by Crippen LogP contribution is 2.53. The first-order valence-corrected chi connectivity index (χ1v) is 9.74. The van der Waals surface area contributed by atoms with Gasteiger partial charge in [-0.2, -0.15) is 0 Å². The Balaban J connectivity index is 2.70. The molecule has 3 nitrogen and oxygen atoms in total. The van der Waals surface area contributed by atoms with Crippen LogP contribution in [0.4, 0.5) is 0 Å². The van der Waals surface area contributed by atoms with Gasteiger partial charge in [-0.25, -0.2) is 0 Å². The second-order valence-corrected chi connectivity index (χ2v) is 8.57. The summed E-state index contributed by atoms with van der Waals surface area (Å²) in [4.78, 5) is 23.2. The Labute approximate surface area is 169 Å². The van der Waals surface area contributed by atoms with Gasteiger partial charge in [0.1, 0.15) is 6.29 Å². The monoisotopic (exact) mass is 382 g/mol. The first-order chi connectivity index (χ1) is 13.0. The third-order valence-corrected chi connectivity index (χ3v) is 5.66. The summed E-state index contributed by atoms with van der Waals surface area (Å²) in [6, 6.07) is 0. The number of aliphatic hydroxyl groups is 1. The van der Waals surface area contributed by atoms with Crippen molar-refractivity contribution in [3.63, 3.8) is 0 Å². The van der Waals surface area contributed by atoms with E-state index >= 15 is 0 Å². The predicted molar refractivity (Wildman–Crippen MR) is 117 cm³/mol. The van der Waals surface area contributed by atoms with Crippen LogP contribution in [0.5, 0.6) is 0 Å². The lowest BCUT2D eigenvalue weighted by Crippen LogP contribution is -2.36. The molecule has 3 heteroatoms. The number of carbonyl (C=O) groups is 2. The molecule has 2 atom stereocenters. The quantitative estimate of drug-likeness (QED) is 0.345. The lowest BCUT2D eigenvalue weighted by atomic mass is 9.66. The summed E-state index contributed by atoms with van der Waals surface area (Å²) in [7, 11) is 0. The Hall–Kier alpha value is -2.26. The highest BCUT2D eigenvalue weighted by molar-refractivity contribution is 5.95. The van der Waals surface area contributed by atoms with Gasteiger partial charge < -0.3 is 5.11 Å². The van der Waals surface area contributed by atoms with Crippen LogP contribution < -0.4 is 0 Å². The van der Waals surface area contributed by atoms with E-state index in [1.165, 1.54) is 0 Å². The van der Waals surface area contributed by atoms with Crippen molar-refractivity contribution in [2.24, 2.45) is 10.8 Å². The van der Waals surface area contributed by atoms with Crippen molar-refractivity contribution in [2.75, 3.05) is 0 Å². The maximum atomic E-state index is 12.7. The molecule has 0 amide bonds. The van der Waals surface area contributed by atoms with Crippen LogP contribution >= 0.6 is 0 Å². The maximum absolute atomic E-state index is 12.7. The van der Waals surface area contributed by atoms with Crippen LogP contribution in [0.1, 0.15) is 54.4 Å². The van der Waals surface area contributed by atoms with Gasteiger partial charge in [-0.3, -0.25) is 9.59 Å². The van der Waals surface area contributed by atoms with Crippen molar-refractivity contribution in [3.05, 3.63) is 71.4 Å². The van der Waals surface area contributed by atoms with Crippen LogP contribution in [0, 0.1) is 10.8 Å². The highest BCUT2D eigenvalue weighted by atomic mass is 16.3. The molecule has 0 saturated heterocycles. The van der Waals surface area contributed by atoms with Crippen LogP contribution in [0.25, 0.3) is 0 Å². The van der Waals surface area contributed by atoms with Gasteiger partial charge in [0.2, 0.25) is 0 Å². The minimum Gasteiger partial charge on any atom is -0.393 e. The lowest BCUT2D eigenvalue weighted by Gasteiger charge is -2.35. The van der Waals surface area contributed by atoms with E-state index in [0.29, 0.717) is 18.4 Å². The van der Waals surface area contributed by atoms with Crippen molar-refractivity contribution < 1.29 is 14.7 Å². The van der Waals surface area contributed by atoms with Crippen LogP contribution in [0.2, 0.25) is 0 Å². The third kappa shape index (κ3) is 6.72. The number of allylic oxidation sites excluding steroid dienone is 12. The molecule has 1 rings (SSSR count). The summed E-state index contributed by atoms with van der Waals surface area (Å²) in [6.45, 7) is 11.8. The number of hydrogen-bond acceptors (Lipinski definition) is 3. The average Bonchev–Trinajstić information content (AvgIpc) is 2.83. The zero-order chi connectivity index (χ0) is 21.4. The topological polar surface area (TPSA) is 54.4 Å². The number of rotatable bonds is 8. The summed E-state index contributed by atoms with van der Waals surface area (Å²) >= 11 is 0. The molecule has 0 heterocycles. The molecule has 1 aliphatic carbocycles.